The lowest BCUT2D eigenvalue weighted by Crippen LogP contribution is -2.35. The zero-order chi connectivity index (χ0) is 25.4. The molecule has 1 aromatic heterocycles. The molecule has 0 aliphatic heterocycles. The van der Waals surface area contributed by atoms with E-state index >= 15 is 0 Å². The van der Waals surface area contributed by atoms with Crippen LogP contribution in [0.15, 0.2) is 42.5 Å². The van der Waals surface area contributed by atoms with Crippen LogP contribution in [0.25, 0.3) is 16.9 Å². The number of carbonyl (C=O) groups is 2. The second-order valence-electron chi connectivity index (χ2n) is 8.04. The molecule has 4 N–H and O–H groups in total. The lowest BCUT2D eigenvalue weighted by Gasteiger charge is -2.11. The molecule has 0 saturated carbocycles. The standard InChI is InChI=1S/C25H28Cl3N5O2/c1-16-23(25(35)31-14-13-30-22(34)5-3-2-4-12-29)32-33(21-11-10-19(27)15-20(21)28)24(16)17-6-8-18(26)9-7-17/h6-11,15H,2-5,12-14,29H2,1H3,(H,30,34)(H,31,35). The number of hydrogen-bond donors (Lipinski definition) is 3. The van der Waals surface area contributed by atoms with Crippen molar-refractivity contribution in [1.82, 2.24) is 20.4 Å². The highest BCUT2D eigenvalue weighted by molar-refractivity contribution is 6.35. The van der Waals surface area contributed by atoms with Gasteiger partial charge in [0.2, 0.25) is 5.91 Å². The number of aromatic nitrogens is 2. The first-order valence-corrected chi connectivity index (χ1v) is 12.5. The summed E-state index contributed by atoms with van der Waals surface area (Å²) in [6.45, 7) is 3.06. The number of nitrogens with one attached hydrogen (secondary N) is 2. The maximum Gasteiger partial charge on any atom is 0.272 e. The second kappa shape index (κ2) is 12.9. The van der Waals surface area contributed by atoms with Crippen LogP contribution < -0.4 is 16.4 Å². The first kappa shape index (κ1) is 27.0. The summed E-state index contributed by atoms with van der Waals surface area (Å²) in [4.78, 5) is 24.9. The fourth-order valence-corrected chi connectivity index (χ4v) is 4.26. The van der Waals surface area contributed by atoms with E-state index in [1.54, 1.807) is 35.0 Å². The number of rotatable bonds is 11. The van der Waals surface area contributed by atoms with E-state index in [0.29, 0.717) is 51.5 Å². The molecule has 35 heavy (non-hydrogen) atoms. The minimum atomic E-state index is -0.348. The number of amides is 2. The Morgan fingerprint density at radius 3 is 2.31 bits per heavy atom. The van der Waals surface area contributed by atoms with Gasteiger partial charge in [0.05, 0.1) is 16.4 Å². The maximum atomic E-state index is 13.0. The minimum Gasteiger partial charge on any atom is -0.354 e. The molecule has 2 aromatic carbocycles. The molecule has 0 aliphatic rings. The Morgan fingerprint density at radius 1 is 0.943 bits per heavy atom. The fraction of sp³-hybridized carbons (Fsp3) is 0.320. The molecule has 0 saturated heterocycles. The molecule has 0 fully saturated rings. The quantitative estimate of drug-likeness (QED) is 0.294. The number of hydrogen-bond acceptors (Lipinski definition) is 4. The van der Waals surface area contributed by atoms with Gasteiger partial charge in [-0.3, -0.25) is 9.59 Å². The molecule has 7 nitrogen and oxygen atoms in total. The van der Waals surface area contributed by atoms with E-state index in [4.69, 9.17) is 40.5 Å². The molecule has 1 heterocycles. The average molecular weight is 537 g/mol. The Morgan fingerprint density at radius 2 is 1.63 bits per heavy atom. The van der Waals surface area contributed by atoms with Gasteiger partial charge >= 0.3 is 0 Å². The van der Waals surface area contributed by atoms with E-state index in [9.17, 15) is 9.59 Å². The van der Waals surface area contributed by atoms with Crippen LogP contribution in [0, 0.1) is 6.92 Å². The van der Waals surface area contributed by atoms with Crippen molar-refractivity contribution in [3.63, 3.8) is 0 Å². The van der Waals surface area contributed by atoms with E-state index in [1.807, 2.05) is 19.1 Å². The summed E-state index contributed by atoms with van der Waals surface area (Å²) in [5.74, 6) is -0.391. The van der Waals surface area contributed by atoms with Gasteiger partial charge in [-0.05, 0) is 56.6 Å². The van der Waals surface area contributed by atoms with E-state index in [2.05, 4.69) is 15.7 Å². The third kappa shape index (κ3) is 7.21. The Bertz CT molecular complexity index is 1180. The van der Waals surface area contributed by atoms with Crippen molar-refractivity contribution < 1.29 is 9.59 Å². The summed E-state index contributed by atoms with van der Waals surface area (Å²) in [5.41, 5.74) is 8.52. The molecule has 10 heteroatoms. The summed E-state index contributed by atoms with van der Waals surface area (Å²) in [6, 6.07) is 12.4. The SMILES string of the molecule is Cc1c(C(=O)NCCNC(=O)CCCCCN)nn(-c2ccc(Cl)cc2Cl)c1-c1ccc(Cl)cc1. The van der Waals surface area contributed by atoms with Crippen molar-refractivity contribution in [1.29, 1.82) is 0 Å². The average Bonchev–Trinajstić information content (AvgIpc) is 3.17. The number of nitrogens with two attached hydrogens (primary N) is 1. The number of benzene rings is 2. The van der Waals surface area contributed by atoms with Crippen LogP contribution in [0.1, 0.15) is 41.7 Å². The highest BCUT2D eigenvalue weighted by Crippen LogP contribution is 2.33. The predicted molar refractivity (Wildman–Crippen MR) is 142 cm³/mol. The molecular formula is C25H28Cl3N5O2. The molecule has 0 radical (unpaired) electrons. The van der Waals surface area contributed by atoms with Crippen LogP contribution >= 0.6 is 34.8 Å². The van der Waals surface area contributed by atoms with Crippen molar-refractivity contribution in [2.24, 2.45) is 5.73 Å². The van der Waals surface area contributed by atoms with Gasteiger partial charge in [-0.25, -0.2) is 4.68 Å². The molecule has 3 rings (SSSR count). The van der Waals surface area contributed by atoms with Crippen LogP contribution in [-0.4, -0.2) is 41.2 Å². The van der Waals surface area contributed by atoms with E-state index in [0.717, 1.165) is 24.8 Å². The Labute approximate surface area is 219 Å². The summed E-state index contributed by atoms with van der Waals surface area (Å²) >= 11 is 18.6. The van der Waals surface area contributed by atoms with Crippen molar-refractivity contribution in [2.45, 2.75) is 32.6 Å². The van der Waals surface area contributed by atoms with Crippen LogP contribution in [0.5, 0.6) is 0 Å². The molecule has 186 valence electrons. The van der Waals surface area contributed by atoms with Gasteiger partial charge in [-0.1, -0.05) is 53.4 Å². The van der Waals surface area contributed by atoms with Gasteiger partial charge < -0.3 is 16.4 Å². The van der Waals surface area contributed by atoms with Crippen molar-refractivity contribution in [2.75, 3.05) is 19.6 Å². The normalized spacial score (nSPS) is 10.9. The first-order chi connectivity index (χ1) is 16.8. The highest BCUT2D eigenvalue weighted by atomic mass is 35.5. The van der Waals surface area contributed by atoms with Crippen molar-refractivity contribution in [3.8, 4) is 16.9 Å². The second-order valence-corrected chi connectivity index (χ2v) is 9.32. The number of carbonyl (C=O) groups excluding carboxylic acids is 2. The molecule has 0 atom stereocenters. The van der Waals surface area contributed by atoms with Gasteiger partial charge in [0.1, 0.15) is 0 Å². The van der Waals surface area contributed by atoms with Gasteiger partial charge in [-0.15, -0.1) is 0 Å². The largest absolute Gasteiger partial charge is 0.354 e. The molecule has 0 unspecified atom stereocenters. The summed E-state index contributed by atoms with van der Waals surface area (Å²) in [5, 5.41) is 11.7. The Kier molecular flexibility index (Phi) is 9.98. The summed E-state index contributed by atoms with van der Waals surface area (Å²) < 4.78 is 1.63. The molecule has 0 aliphatic carbocycles. The third-order valence-corrected chi connectivity index (χ3v) is 6.22. The lowest BCUT2D eigenvalue weighted by molar-refractivity contribution is -0.121. The van der Waals surface area contributed by atoms with E-state index < -0.39 is 0 Å². The van der Waals surface area contributed by atoms with E-state index in [-0.39, 0.29) is 24.1 Å². The van der Waals surface area contributed by atoms with E-state index in [1.165, 1.54) is 0 Å². The van der Waals surface area contributed by atoms with Crippen molar-refractivity contribution >= 4 is 46.6 Å². The van der Waals surface area contributed by atoms with Crippen LogP contribution in [0.4, 0.5) is 0 Å². The predicted octanol–water partition coefficient (Wildman–Crippen LogP) is 5.17. The Balaban J connectivity index is 1.77. The van der Waals surface area contributed by atoms with Crippen LogP contribution in [0.3, 0.4) is 0 Å². The van der Waals surface area contributed by atoms with Gasteiger partial charge in [0, 0.05) is 40.7 Å². The number of halogens is 3. The highest BCUT2D eigenvalue weighted by Gasteiger charge is 2.23. The number of nitrogens with zero attached hydrogens (tertiary/aromatic N) is 2. The lowest BCUT2D eigenvalue weighted by atomic mass is 10.1. The third-order valence-electron chi connectivity index (χ3n) is 5.43. The minimum absolute atomic E-state index is 0.0425. The number of unbranched alkanes of at least 4 members (excludes halogenated alkanes) is 2. The molecule has 2 amide bonds. The van der Waals surface area contributed by atoms with Gasteiger partial charge in [0.15, 0.2) is 5.69 Å². The zero-order valence-electron chi connectivity index (χ0n) is 19.4. The first-order valence-electron chi connectivity index (χ1n) is 11.4. The summed E-state index contributed by atoms with van der Waals surface area (Å²) in [7, 11) is 0. The van der Waals surface area contributed by atoms with Crippen molar-refractivity contribution in [3.05, 3.63) is 68.8 Å². The molecule has 0 spiro atoms. The molecule has 0 bridgehead atoms. The smallest absolute Gasteiger partial charge is 0.272 e. The van der Waals surface area contributed by atoms with Crippen LogP contribution in [-0.2, 0) is 4.79 Å². The topological polar surface area (TPSA) is 102 Å². The molecular weight excluding hydrogens is 509 g/mol. The Hall–Kier alpha value is -2.58. The maximum absolute atomic E-state index is 13.0. The summed E-state index contributed by atoms with van der Waals surface area (Å²) in [6.07, 6.45) is 3.08. The van der Waals surface area contributed by atoms with Crippen LogP contribution in [0.2, 0.25) is 15.1 Å². The molecule has 3 aromatic rings. The van der Waals surface area contributed by atoms with Gasteiger partial charge in [-0.2, -0.15) is 5.10 Å². The monoisotopic (exact) mass is 535 g/mol. The fourth-order valence-electron chi connectivity index (χ4n) is 3.64. The van der Waals surface area contributed by atoms with Gasteiger partial charge in [0.25, 0.3) is 5.91 Å². The zero-order valence-corrected chi connectivity index (χ0v) is 21.7.